The van der Waals surface area contributed by atoms with Crippen LogP contribution in [0.1, 0.15) is 43.0 Å². The fourth-order valence-electron chi connectivity index (χ4n) is 1.80. The molecule has 1 aromatic carbocycles. The third-order valence-electron chi connectivity index (χ3n) is 2.89. The molecule has 0 radical (unpaired) electrons. The van der Waals surface area contributed by atoms with Crippen LogP contribution in [0.25, 0.3) is 0 Å². The van der Waals surface area contributed by atoms with Gasteiger partial charge in [0, 0.05) is 0 Å². The van der Waals surface area contributed by atoms with E-state index in [1.54, 1.807) is 6.07 Å². The maximum absolute atomic E-state index is 11.5. The zero-order valence-electron chi connectivity index (χ0n) is 12.2. The summed E-state index contributed by atoms with van der Waals surface area (Å²) in [6.45, 7) is 2.74. The second kappa shape index (κ2) is 8.69. The molecule has 0 fully saturated rings. The molecule has 0 bridgehead atoms. The fourth-order valence-corrected chi connectivity index (χ4v) is 2.06. The van der Waals surface area contributed by atoms with Crippen LogP contribution in [0.3, 0.4) is 0 Å². The molecule has 0 aliphatic carbocycles. The van der Waals surface area contributed by atoms with Gasteiger partial charge in [-0.3, -0.25) is 0 Å². The Kier molecular flexibility index (Phi) is 7.23. The van der Waals surface area contributed by atoms with Crippen LogP contribution in [0, 0.1) is 0 Å². The van der Waals surface area contributed by atoms with Crippen molar-refractivity contribution in [3.8, 4) is 11.5 Å². The van der Waals surface area contributed by atoms with Gasteiger partial charge in [0.2, 0.25) is 0 Å². The number of benzene rings is 1. The summed E-state index contributed by atoms with van der Waals surface area (Å²) in [5.41, 5.74) is 0.340. The van der Waals surface area contributed by atoms with Crippen molar-refractivity contribution in [2.45, 2.75) is 32.6 Å². The Balaban J connectivity index is 2.77. The lowest BCUT2D eigenvalue weighted by Gasteiger charge is -2.13. The number of esters is 1. The number of carbonyl (C=O) groups is 1. The minimum absolute atomic E-state index is 0.340. The molecule has 112 valence electrons. The number of ether oxygens (including phenoxy) is 3. The second-order valence-electron chi connectivity index (χ2n) is 4.39. The second-order valence-corrected chi connectivity index (χ2v) is 4.80. The first-order chi connectivity index (χ1) is 9.63. The van der Waals surface area contributed by atoms with Crippen LogP contribution in [-0.2, 0) is 4.74 Å². The van der Waals surface area contributed by atoms with Crippen LogP contribution in [-0.4, -0.2) is 26.8 Å². The topological polar surface area (TPSA) is 44.8 Å². The van der Waals surface area contributed by atoms with Gasteiger partial charge in [0.25, 0.3) is 0 Å². The van der Waals surface area contributed by atoms with Crippen molar-refractivity contribution >= 4 is 17.6 Å². The lowest BCUT2D eigenvalue weighted by molar-refractivity contribution is 0.0600. The fraction of sp³-hybridized carbons (Fsp3) is 0.533. The van der Waals surface area contributed by atoms with Gasteiger partial charge in [-0.1, -0.05) is 37.8 Å². The molecule has 0 aliphatic rings. The van der Waals surface area contributed by atoms with E-state index in [1.165, 1.54) is 33.1 Å². The summed E-state index contributed by atoms with van der Waals surface area (Å²) in [7, 11) is 2.83. The van der Waals surface area contributed by atoms with Gasteiger partial charge in [-0.05, 0) is 18.6 Å². The van der Waals surface area contributed by atoms with Crippen LogP contribution < -0.4 is 9.47 Å². The number of hydrogen-bond donors (Lipinski definition) is 0. The molecule has 0 aromatic heterocycles. The SMILES string of the molecule is CCCCCCOc1c(Cl)cc(C(=O)OC)cc1OC. The van der Waals surface area contributed by atoms with Gasteiger partial charge < -0.3 is 14.2 Å². The number of hydrogen-bond acceptors (Lipinski definition) is 4. The number of unbranched alkanes of at least 4 members (excludes halogenated alkanes) is 3. The summed E-state index contributed by atoms with van der Waals surface area (Å²) in [6.07, 6.45) is 4.45. The van der Waals surface area contributed by atoms with E-state index in [0.717, 1.165) is 12.8 Å². The first-order valence-corrected chi connectivity index (χ1v) is 7.10. The normalized spacial score (nSPS) is 10.2. The van der Waals surface area contributed by atoms with E-state index in [0.29, 0.717) is 28.7 Å². The molecule has 0 amide bonds. The van der Waals surface area contributed by atoms with E-state index in [1.807, 2.05) is 0 Å². The Morgan fingerprint density at radius 2 is 1.95 bits per heavy atom. The Morgan fingerprint density at radius 1 is 1.20 bits per heavy atom. The largest absolute Gasteiger partial charge is 0.493 e. The Hall–Kier alpha value is -1.42. The van der Waals surface area contributed by atoms with Crippen LogP contribution in [0.15, 0.2) is 12.1 Å². The van der Waals surface area contributed by atoms with Gasteiger partial charge in [-0.25, -0.2) is 4.79 Å². The number of halogens is 1. The highest BCUT2D eigenvalue weighted by Crippen LogP contribution is 2.36. The third kappa shape index (κ3) is 4.60. The Morgan fingerprint density at radius 3 is 2.55 bits per heavy atom. The van der Waals surface area contributed by atoms with Crippen molar-refractivity contribution in [2.75, 3.05) is 20.8 Å². The minimum atomic E-state index is -0.459. The third-order valence-corrected chi connectivity index (χ3v) is 3.18. The summed E-state index contributed by atoms with van der Waals surface area (Å²) in [4.78, 5) is 11.5. The average molecular weight is 301 g/mol. The zero-order valence-corrected chi connectivity index (χ0v) is 13.0. The number of carbonyl (C=O) groups excluding carboxylic acids is 1. The van der Waals surface area contributed by atoms with E-state index < -0.39 is 5.97 Å². The summed E-state index contributed by atoms with van der Waals surface area (Å²) in [5, 5.41) is 0.347. The van der Waals surface area contributed by atoms with Gasteiger partial charge in [-0.15, -0.1) is 0 Å². The van der Waals surface area contributed by atoms with Crippen molar-refractivity contribution in [3.63, 3.8) is 0 Å². The maximum Gasteiger partial charge on any atom is 0.338 e. The molecular weight excluding hydrogens is 280 g/mol. The molecule has 1 rings (SSSR count). The highest BCUT2D eigenvalue weighted by molar-refractivity contribution is 6.32. The first-order valence-electron chi connectivity index (χ1n) is 6.72. The van der Waals surface area contributed by atoms with Crippen LogP contribution in [0.4, 0.5) is 0 Å². The van der Waals surface area contributed by atoms with Crippen LogP contribution in [0.2, 0.25) is 5.02 Å². The molecule has 0 atom stereocenters. The molecule has 0 unspecified atom stereocenters. The zero-order chi connectivity index (χ0) is 15.0. The van der Waals surface area contributed by atoms with Crippen molar-refractivity contribution < 1.29 is 19.0 Å². The average Bonchev–Trinajstić information content (AvgIpc) is 2.46. The van der Waals surface area contributed by atoms with Gasteiger partial charge in [-0.2, -0.15) is 0 Å². The molecule has 0 saturated heterocycles. The highest BCUT2D eigenvalue weighted by atomic mass is 35.5. The van der Waals surface area contributed by atoms with E-state index >= 15 is 0 Å². The molecule has 4 nitrogen and oxygen atoms in total. The van der Waals surface area contributed by atoms with Crippen molar-refractivity contribution in [3.05, 3.63) is 22.7 Å². The van der Waals surface area contributed by atoms with E-state index in [2.05, 4.69) is 11.7 Å². The molecule has 5 heteroatoms. The van der Waals surface area contributed by atoms with E-state index in [9.17, 15) is 4.79 Å². The van der Waals surface area contributed by atoms with Crippen LogP contribution >= 0.6 is 11.6 Å². The monoisotopic (exact) mass is 300 g/mol. The van der Waals surface area contributed by atoms with Crippen molar-refractivity contribution in [1.82, 2.24) is 0 Å². The quantitative estimate of drug-likeness (QED) is 0.536. The van der Waals surface area contributed by atoms with Gasteiger partial charge >= 0.3 is 5.97 Å². The summed E-state index contributed by atoms with van der Waals surface area (Å²) in [6, 6.07) is 3.09. The van der Waals surface area contributed by atoms with E-state index in [-0.39, 0.29) is 0 Å². The molecule has 1 aromatic rings. The molecule has 20 heavy (non-hydrogen) atoms. The molecular formula is C15H21ClO4. The van der Waals surface area contributed by atoms with Crippen molar-refractivity contribution in [2.24, 2.45) is 0 Å². The molecule has 0 N–H and O–H groups in total. The maximum atomic E-state index is 11.5. The molecule has 0 aliphatic heterocycles. The Bertz CT molecular complexity index is 446. The number of methoxy groups -OCH3 is 2. The summed E-state index contributed by atoms with van der Waals surface area (Å²) in [5.74, 6) is 0.450. The van der Waals surface area contributed by atoms with Gasteiger partial charge in [0.05, 0.1) is 31.4 Å². The predicted molar refractivity (Wildman–Crippen MR) is 79.0 cm³/mol. The molecule has 0 saturated carbocycles. The molecule has 0 heterocycles. The predicted octanol–water partition coefficient (Wildman–Crippen LogP) is 4.09. The lowest BCUT2D eigenvalue weighted by atomic mass is 10.2. The van der Waals surface area contributed by atoms with Gasteiger partial charge in [0.15, 0.2) is 11.5 Å². The molecule has 0 spiro atoms. The lowest BCUT2D eigenvalue weighted by Crippen LogP contribution is -2.04. The van der Waals surface area contributed by atoms with E-state index in [4.69, 9.17) is 21.1 Å². The number of rotatable bonds is 8. The summed E-state index contributed by atoms with van der Waals surface area (Å²) >= 11 is 6.14. The Labute approximate surface area is 125 Å². The highest BCUT2D eigenvalue weighted by Gasteiger charge is 2.16. The summed E-state index contributed by atoms with van der Waals surface area (Å²) < 4.78 is 15.5. The first kappa shape index (κ1) is 16.6. The minimum Gasteiger partial charge on any atom is -0.493 e. The van der Waals surface area contributed by atoms with Gasteiger partial charge in [0.1, 0.15) is 0 Å². The van der Waals surface area contributed by atoms with Crippen LogP contribution in [0.5, 0.6) is 11.5 Å². The smallest absolute Gasteiger partial charge is 0.338 e. The van der Waals surface area contributed by atoms with Crippen molar-refractivity contribution in [1.29, 1.82) is 0 Å². The standard InChI is InChI=1S/C15H21ClO4/c1-4-5-6-7-8-20-14-12(16)9-11(15(17)19-3)10-13(14)18-2/h9-10H,4-8H2,1-3H3.